The largest absolute Gasteiger partial charge is 0.480 e. The molecule has 18 heavy (non-hydrogen) atoms. The number of benzene rings is 1. The summed E-state index contributed by atoms with van der Waals surface area (Å²) in [5, 5.41) is 20.1. The Morgan fingerprint density at radius 1 is 1.39 bits per heavy atom. The zero-order chi connectivity index (χ0) is 13.1. The maximum atomic E-state index is 11.9. The minimum Gasteiger partial charge on any atom is -0.480 e. The Morgan fingerprint density at radius 2 is 2.11 bits per heavy atom. The normalized spacial score (nSPS) is 18.4. The number of carboxylic acids is 1. The average Bonchev–Trinajstić information content (AvgIpc) is 2.30. The predicted molar refractivity (Wildman–Crippen MR) is 64.2 cm³/mol. The first-order chi connectivity index (χ1) is 8.63. The number of hydrogen-bond donors (Lipinski definition) is 3. The van der Waals surface area contributed by atoms with Gasteiger partial charge in [0, 0.05) is 13.0 Å². The number of aliphatic hydroxyl groups is 1. The van der Waals surface area contributed by atoms with Crippen molar-refractivity contribution in [3.63, 3.8) is 0 Å². The van der Waals surface area contributed by atoms with Crippen molar-refractivity contribution in [1.29, 1.82) is 0 Å². The molecule has 3 N–H and O–H groups in total. The molecule has 2 rings (SSSR count). The third-order valence-electron chi connectivity index (χ3n) is 3.20. The summed E-state index contributed by atoms with van der Waals surface area (Å²) in [7, 11) is 0. The molecule has 5 heteroatoms. The highest BCUT2D eigenvalue weighted by molar-refractivity contribution is 5.90. The van der Waals surface area contributed by atoms with E-state index in [1.54, 1.807) is 0 Å². The number of amides is 1. The lowest BCUT2D eigenvalue weighted by molar-refractivity contribution is -0.142. The Kier molecular flexibility index (Phi) is 3.62. The maximum absolute atomic E-state index is 11.9. The summed E-state index contributed by atoms with van der Waals surface area (Å²) in [6.45, 7) is -0.265. The van der Waals surface area contributed by atoms with Crippen molar-refractivity contribution in [2.45, 2.75) is 24.8 Å². The molecular formula is C13H15NO4. The molecule has 0 aromatic heterocycles. The van der Waals surface area contributed by atoms with Crippen LogP contribution in [0, 0.1) is 0 Å². The van der Waals surface area contributed by atoms with E-state index in [1.807, 2.05) is 24.3 Å². The van der Waals surface area contributed by atoms with E-state index in [0.29, 0.717) is 6.42 Å². The zero-order valence-corrected chi connectivity index (χ0v) is 9.80. The fraction of sp³-hybridized carbons (Fsp3) is 0.385. The number of nitrogens with one attached hydrogen (secondary N) is 1. The highest BCUT2D eigenvalue weighted by atomic mass is 16.4. The molecule has 1 aliphatic rings. The van der Waals surface area contributed by atoms with E-state index < -0.39 is 12.0 Å². The van der Waals surface area contributed by atoms with E-state index in [1.165, 1.54) is 0 Å². The molecule has 0 fully saturated rings. The first-order valence-corrected chi connectivity index (χ1v) is 5.85. The summed E-state index contributed by atoms with van der Waals surface area (Å²) in [6.07, 6.45) is 0.670. The molecule has 5 nitrogen and oxygen atoms in total. The predicted octanol–water partition coefficient (Wildman–Crippen LogP) is 0.278. The van der Waals surface area contributed by atoms with Crippen LogP contribution in [-0.4, -0.2) is 34.7 Å². The second kappa shape index (κ2) is 5.18. The van der Waals surface area contributed by atoms with Gasteiger partial charge in [0.1, 0.15) is 6.04 Å². The van der Waals surface area contributed by atoms with Crippen molar-refractivity contribution in [3.05, 3.63) is 35.4 Å². The van der Waals surface area contributed by atoms with Gasteiger partial charge >= 0.3 is 5.97 Å². The average molecular weight is 249 g/mol. The quantitative estimate of drug-likeness (QED) is 0.699. The Hall–Kier alpha value is -1.88. The van der Waals surface area contributed by atoms with E-state index >= 15 is 0 Å². The van der Waals surface area contributed by atoms with Crippen LogP contribution in [-0.2, 0) is 16.0 Å². The van der Waals surface area contributed by atoms with Crippen LogP contribution in [0.25, 0.3) is 0 Å². The van der Waals surface area contributed by atoms with Gasteiger partial charge in [0.05, 0.1) is 5.92 Å². The molecule has 1 aromatic rings. The van der Waals surface area contributed by atoms with Crippen molar-refractivity contribution in [2.75, 3.05) is 6.61 Å². The monoisotopic (exact) mass is 249 g/mol. The number of carboxylic acid groups (broad SMARTS) is 1. The van der Waals surface area contributed by atoms with Crippen LogP contribution in [0.1, 0.15) is 23.5 Å². The van der Waals surface area contributed by atoms with Crippen molar-refractivity contribution < 1.29 is 19.8 Å². The summed E-state index contributed by atoms with van der Waals surface area (Å²) < 4.78 is 0. The second-order valence-corrected chi connectivity index (χ2v) is 4.37. The lowest BCUT2D eigenvalue weighted by Crippen LogP contribution is -2.45. The number of carbonyl (C=O) groups is 2. The van der Waals surface area contributed by atoms with Crippen LogP contribution >= 0.6 is 0 Å². The Morgan fingerprint density at radius 3 is 2.72 bits per heavy atom. The highest BCUT2D eigenvalue weighted by Crippen LogP contribution is 2.34. The molecule has 0 aliphatic heterocycles. The number of aliphatic hydroxyl groups excluding tert-OH is 1. The lowest BCUT2D eigenvalue weighted by atomic mass is 9.77. The van der Waals surface area contributed by atoms with Crippen LogP contribution in [0.2, 0.25) is 0 Å². The van der Waals surface area contributed by atoms with Gasteiger partial charge in [-0.05, 0) is 17.5 Å². The summed E-state index contributed by atoms with van der Waals surface area (Å²) >= 11 is 0. The number of hydrogen-bond acceptors (Lipinski definition) is 3. The van der Waals surface area contributed by atoms with Crippen molar-refractivity contribution in [3.8, 4) is 0 Å². The summed E-state index contributed by atoms with van der Waals surface area (Å²) in [5.41, 5.74) is 2.09. The van der Waals surface area contributed by atoms with Crippen LogP contribution in [0.15, 0.2) is 24.3 Å². The van der Waals surface area contributed by atoms with E-state index in [4.69, 9.17) is 10.2 Å². The maximum Gasteiger partial charge on any atom is 0.326 e. The third kappa shape index (κ3) is 2.36. The minimum absolute atomic E-state index is 0.0233. The van der Waals surface area contributed by atoms with Crippen LogP contribution in [0.3, 0.4) is 0 Å². The second-order valence-electron chi connectivity index (χ2n) is 4.37. The molecule has 1 aromatic carbocycles. The van der Waals surface area contributed by atoms with Gasteiger partial charge in [0.25, 0.3) is 0 Å². The van der Waals surface area contributed by atoms with Crippen LogP contribution in [0.5, 0.6) is 0 Å². The molecule has 0 radical (unpaired) electrons. The van der Waals surface area contributed by atoms with E-state index in [9.17, 15) is 9.59 Å². The molecule has 1 amide bonds. The first-order valence-electron chi connectivity index (χ1n) is 5.85. The van der Waals surface area contributed by atoms with Crippen LogP contribution < -0.4 is 5.32 Å². The number of rotatable bonds is 5. The Labute approximate surface area is 104 Å². The van der Waals surface area contributed by atoms with Crippen molar-refractivity contribution >= 4 is 11.9 Å². The molecule has 1 unspecified atom stereocenters. The van der Waals surface area contributed by atoms with Crippen LogP contribution in [0.4, 0.5) is 0 Å². The Balaban J connectivity index is 2.00. The molecule has 0 bridgehead atoms. The standard InChI is InChI=1S/C13H15NO4/c15-6-5-11(13(17)18)14-12(16)10-7-8-3-1-2-4-9(8)10/h1-4,10-11,15H,5-7H2,(H,14,16)(H,17,18)/t10?,11-/m1/s1. The Bertz CT molecular complexity index is 472. The third-order valence-corrected chi connectivity index (χ3v) is 3.20. The van der Waals surface area contributed by atoms with Crippen molar-refractivity contribution in [2.24, 2.45) is 0 Å². The molecule has 0 saturated carbocycles. The van der Waals surface area contributed by atoms with Gasteiger partial charge in [-0.2, -0.15) is 0 Å². The van der Waals surface area contributed by atoms with Gasteiger partial charge in [0.15, 0.2) is 0 Å². The fourth-order valence-electron chi connectivity index (χ4n) is 2.15. The minimum atomic E-state index is -1.12. The topological polar surface area (TPSA) is 86.6 Å². The molecule has 96 valence electrons. The van der Waals surface area contributed by atoms with Gasteiger partial charge < -0.3 is 15.5 Å². The van der Waals surface area contributed by atoms with E-state index in [-0.39, 0.29) is 24.9 Å². The summed E-state index contributed by atoms with van der Waals surface area (Å²) in [4.78, 5) is 22.8. The van der Waals surface area contributed by atoms with Gasteiger partial charge in [-0.15, -0.1) is 0 Å². The van der Waals surface area contributed by atoms with Crippen molar-refractivity contribution in [1.82, 2.24) is 5.32 Å². The number of carbonyl (C=O) groups excluding carboxylic acids is 1. The molecular weight excluding hydrogens is 234 g/mol. The van der Waals surface area contributed by atoms with E-state index in [2.05, 4.69) is 5.32 Å². The molecule has 0 spiro atoms. The van der Waals surface area contributed by atoms with Gasteiger partial charge in [-0.3, -0.25) is 4.79 Å². The fourth-order valence-corrected chi connectivity index (χ4v) is 2.15. The van der Waals surface area contributed by atoms with Gasteiger partial charge in [0.2, 0.25) is 5.91 Å². The zero-order valence-electron chi connectivity index (χ0n) is 9.80. The lowest BCUT2D eigenvalue weighted by Gasteiger charge is -2.29. The van der Waals surface area contributed by atoms with Gasteiger partial charge in [-0.1, -0.05) is 24.3 Å². The SMILES string of the molecule is O=C(N[C@H](CCO)C(=O)O)C1Cc2ccccc21. The molecule has 0 heterocycles. The highest BCUT2D eigenvalue weighted by Gasteiger charge is 2.33. The summed E-state index contributed by atoms with van der Waals surface area (Å²) in [6, 6.07) is 6.60. The molecule has 2 atom stereocenters. The number of aliphatic carboxylic acids is 1. The van der Waals surface area contributed by atoms with E-state index in [0.717, 1.165) is 11.1 Å². The smallest absolute Gasteiger partial charge is 0.326 e. The molecule has 0 saturated heterocycles. The first kappa shape index (κ1) is 12.6. The summed E-state index contributed by atoms with van der Waals surface area (Å²) in [5.74, 6) is -1.67. The number of fused-ring (bicyclic) bond motifs is 1. The molecule has 1 aliphatic carbocycles. The van der Waals surface area contributed by atoms with Gasteiger partial charge in [-0.25, -0.2) is 4.79 Å².